The number of furan rings is 1. The number of likely N-dealkylation sites (tertiary alicyclic amines) is 1. The molecule has 1 saturated heterocycles. The van der Waals surface area contributed by atoms with Gasteiger partial charge in [0.2, 0.25) is 5.82 Å². The van der Waals surface area contributed by atoms with Gasteiger partial charge in [0.05, 0.1) is 6.54 Å². The standard InChI is InChI=1S/C16H13F5N2O2/c17-10-11(18)13(20)15(14(21)12(10)19)22-16(24)9-4-3-8(25-9)7-23-5-1-2-6-23/h3-4H,1-2,5-7H2,(H,22,24). The normalized spacial score (nSPS) is 14.9. The average Bonchev–Trinajstić information content (AvgIpc) is 3.27. The van der Waals surface area contributed by atoms with Crippen molar-refractivity contribution in [3.8, 4) is 0 Å². The third-order valence-corrected chi connectivity index (χ3v) is 3.91. The molecule has 0 radical (unpaired) electrons. The van der Waals surface area contributed by atoms with E-state index in [1.807, 2.05) is 0 Å². The molecular formula is C16H13F5N2O2. The predicted molar refractivity (Wildman–Crippen MR) is 77.4 cm³/mol. The van der Waals surface area contributed by atoms with E-state index in [0.717, 1.165) is 25.9 Å². The molecule has 2 heterocycles. The number of amides is 1. The second-order valence-corrected chi connectivity index (χ2v) is 5.65. The molecule has 0 saturated carbocycles. The molecule has 25 heavy (non-hydrogen) atoms. The monoisotopic (exact) mass is 360 g/mol. The molecular weight excluding hydrogens is 347 g/mol. The molecule has 9 heteroatoms. The van der Waals surface area contributed by atoms with Crippen molar-refractivity contribution in [3.63, 3.8) is 0 Å². The van der Waals surface area contributed by atoms with Crippen LogP contribution in [0.5, 0.6) is 0 Å². The highest BCUT2D eigenvalue weighted by Gasteiger charge is 2.27. The van der Waals surface area contributed by atoms with Crippen LogP contribution in [0.4, 0.5) is 27.6 Å². The lowest BCUT2D eigenvalue weighted by atomic mass is 10.2. The van der Waals surface area contributed by atoms with Gasteiger partial charge >= 0.3 is 0 Å². The number of hydrogen-bond acceptors (Lipinski definition) is 3. The molecule has 0 bridgehead atoms. The van der Waals surface area contributed by atoms with E-state index < -0.39 is 40.7 Å². The number of halogens is 5. The number of nitrogens with zero attached hydrogens (tertiary/aromatic N) is 1. The van der Waals surface area contributed by atoms with Crippen LogP contribution in [0.3, 0.4) is 0 Å². The van der Waals surface area contributed by atoms with Crippen molar-refractivity contribution < 1.29 is 31.2 Å². The van der Waals surface area contributed by atoms with Gasteiger partial charge in [-0.1, -0.05) is 0 Å². The Morgan fingerprint density at radius 3 is 2.12 bits per heavy atom. The van der Waals surface area contributed by atoms with Gasteiger partial charge in [-0.25, -0.2) is 22.0 Å². The molecule has 0 aliphatic carbocycles. The summed E-state index contributed by atoms with van der Waals surface area (Å²) in [5.74, 6) is -11.7. The number of nitrogens with one attached hydrogen (secondary N) is 1. The molecule has 0 atom stereocenters. The molecule has 4 nitrogen and oxygen atoms in total. The molecule has 0 unspecified atom stereocenters. The first kappa shape index (κ1) is 17.4. The van der Waals surface area contributed by atoms with Crippen LogP contribution in [0.25, 0.3) is 0 Å². The molecule has 1 amide bonds. The highest BCUT2D eigenvalue weighted by molar-refractivity contribution is 6.02. The van der Waals surface area contributed by atoms with E-state index in [0.29, 0.717) is 12.3 Å². The minimum absolute atomic E-state index is 0.293. The summed E-state index contributed by atoms with van der Waals surface area (Å²) in [4.78, 5) is 14.1. The van der Waals surface area contributed by atoms with Crippen molar-refractivity contribution in [2.45, 2.75) is 19.4 Å². The van der Waals surface area contributed by atoms with E-state index in [2.05, 4.69) is 4.90 Å². The summed E-state index contributed by atoms with van der Waals surface area (Å²) in [6.07, 6.45) is 2.13. The van der Waals surface area contributed by atoms with Crippen LogP contribution < -0.4 is 5.32 Å². The van der Waals surface area contributed by atoms with Crippen LogP contribution in [0.2, 0.25) is 0 Å². The molecule has 1 aromatic heterocycles. The summed E-state index contributed by atoms with van der Waals surface area (Å²) < 4.78 is 71.7. The molecule has 2 aromatic rings. The van der Waals surface area contributed by atoms with E-state index >= 15 is 0 Å². The van der Waals surface area contributed by atoms with E-state index in [4.69, 9.17) is 4.42 Å². The number of anilines is 1. The summed E-state index contributed by atoms with van der Waals surface area (Å²) in [7, 11) is 0. The molecule has 1 fully saturated rings. The first-order chi connectivity index (χ1) is 11.9. The Labute approximate surface area is 139 Å². The second-order valence-electron chi connectivity index (χ2n) is 5.65. The average molecular weight is 360 g/mol. The Balaban J connectivity index is 1.78. The lowest BCUT2D eigenvalue weighted by Gasteiger charge is -2.12. The number of hydrogen-bond donors (Lipinski definition) is 1. The summed E-state index contributed by atoms with van der Waals surface area (Å²) in [5.41, 5.74) is -1.42. The first-order valence-electron chi connectivity index (χ1n) is 7.52. The van der Waals surface area contributed by atoms with Crippen molar-refractivity contribution in [3.05, 3.63) is 52.7 Å². The van der Waals surface area contributed by atoms with E-state index in [1.54, 1.807) is 5.32 Å². The molecule has 3 rings (SSSR count). The Morgan fingerprint density at radius 1 is 0.960 bits per heavy atom. The molecule has 0 spiro atoms. The van der Waals surface area contributed by atoms with E-state index in [9.17, 15) is 26.7 Å². The maximum absolute atomic E-state index is 13.6. The zero-order valence-electron chi connectivity index (χ0n) is 12.8. The molecule has 1 N–H and O–H groups in total. The number of benzene rings is 1. The van der Waals surface area contributed by atoms with Gasteiger partial charge in [0, 0.05) is 0 Å². The molecule has 1 aliphatic rings. The topological polar surface area (TPSA) is 45.5 Å². The van der Waals surface area contributed by atoms with Crippen LogP contribution in [0, 0.1) is 29.1 Å². The van der Waals surface area contributed by atoms with Gasteiger partial charge in [-0.05, 0) is 38.1 Å². The van der Waals surface area contributed by atoms with Crippen molar-refractivity contribution in [2.75, 3.05) is 18.4 Å². The molecule has 134 valence electrons. The van der Waals surface area contributed by atoms with Crippen molar-refractivity contribution in [2.24, 2.45) is 0 Å². The lowest BCUT2D eigenvalue weighted by Crippen LogP contribution is -2.18. The highest BCUT2D eigenvalue weighted by atomic mass is 19.2. The fourth-order valence-electron chi connectivity index (χ4n) is 2.64. The number of carbonyl (C=O) groups is 1. The number of rotatable bonds is 4. The summed E-state index contributed by atoms with van der Waals surface area (Å²) in [5, 5.41) is 1.67. The Morgan fingerprint density at radius 2 is 1.52 bits per heavy atom. The van der Waals surface area contributed by atoms with Crippen molar-refractivity contribution in [1.29, 1.82) is 0 Å². The third-order valence-electron chi connectivity index (χ3n) is 3.91. The number of carbonyl (C=O) groups excluding carboxylic acids is 1. The molecule has 1 aromatic carbocycles. The Hall–Kier alpha value is -2.42. The van der Waals surface area contributed by atoms with Crippen molar-refractivity contribution in [1.82, 2.24) is 4.90 Å². The van der Waals surface area contributed by atoms with Crippen LogP contribution in [-0.4, -0.2) is 23.9 Å². The van der Waals surface area contributed by atoms with Crippen LogP contribution >= 0.6 is 0 Å². The lowest BCUT2D eigenvalue weighted by molar-refractivity contribution is 0.0992. The molecule has 1 aliphatic heterocycles. The zero-order valence-corrected chi connectivity index (χ0v) is 12.8. The van der Waals surface area contributed by atoms with E-state index in [1.165, 1.54) is 12.1 Å². The second kappa shape index (κ2) is 6.83. The predicted octanol–water partition coefficient (Wildman–Crippen LogP) is 3.82. The van der Waals surface area contributed by atoms with Gasteiger partial charge < -0.3 is 9.73 Å². The third kappa shape index (κ3) is 3.37. The van der Waals surface area contributed by atoms with Gasteiger partial charge in [0.15, 0.2) is 29.0 Å². The van der Waals surface area contributed by atoms with Gasteiger partial charge in [-0.3, -0.25) is 9.69 Å². The van der Waals surface area contributed by atoms with Gasteiger partial charge in [-0.15, -0.1) is 0 Å². The van der Waals surface area contributed by atoms with Gasteiger partial charge in [0.1, 0.15) is 11.4 Å². The smallest absolute Gasteiger partial charge is 0.291 e. The van der Waals surface area contributed by atoms with Crippen molar-refractivity contribution >= 4 is 11.6 Å². The van der Waals surface area contributed by atoms with Crippen LogP contribution in [-0.2, 0) is 6.54 Å². The van der Waals surface area contributed by atoms with Gasteiger partial charge in [0.25, 0.3) is 5.91 Å². The van der Waals surface area contributed by atoms with E-state index in [-0.39, 0.29) is 5.76 Å². The minimum atomic E-state index is -2.29. The first-order valence-corrected chi connectivity index (χ1v) is 7.52. The maximum atomic E-state index is 13.6. The largest absolute Gasteiger partial charge is 0.455 e. The minimum Gasteiger partial charge on any atom is -0.455 e. The maximum Gasteiger partial charge on any atom is 0.291 e. The summed E-state index contributed by atoms with van der Waals surface area (Å²) >= 11 is 0. The fourth-order valence-corrected chi connectivity index (χ4v) is 2.64. The Bertz CT molecular complexity index is 786. The quantitative estimate of drug-likeness (QED) is 0.512. The zero-order chi connectivity index (χ0) is 18.1. The van der Waals surface area contributed by atoms with Gasteiger partial charge in [-0.2, -0.15) is 0 Å². The van der Waals surface area contributed by atoms with Crippen LogP contribution in [0.15, 0.2) is 16.5 Å². The highest BCUT2D eigenvalue weighted by Crippen LogP contribution is 2.27. The SMILES string of the molecule is O=C(Nc1c(F)c(F)c(F)c(F)c1F)c1ccc(CN2CCCC2)o1. The van der Waals surface area contributed by atoms with Crippen LogP contribution in [0.1, 0.15) is 29.2 Å². The summed E-state index contributed by atoms with van der Waals surface area (Å²) in [6, 6.07) is 2.79. The fraction of sp³-hybridized carbons (Fsp3) is 0.312. The Kier molecular flexibility index (Phi) is 4.76. The summed E-state index contributed by atoms with van der Waals surface area (Å²) in [6.45, 7) is 2.26.